The second-order valence-electron chi connectivity index (χ2n) is 4.95. The van der Waals surface area contributed by atoms with Gasteiger partial charge in [0, 0.05) is 13.0 Å². The van der Waals surface area contributed by atoms with Crippen LogP contribution in [0.4, 0.5) is 0 Å². The molecule has 0 unspecified atom stereocenters. The Labute approximate surface area is 130 Å². The lowest BCUT2D eigenvalue weighted by Gasteiger charge is -2.15. The zero-order valence-electron chi connectivity index (χ0n) is 12.1. The van der Waals surface area contributed by atoms with Crippen molar-refractivity contribution >= 4 is 17.2 Å². The summed E-state index contributed by atoms with van der Waals surface area (Å²) in [5.74, 6) is 1.81. The molecule has 0 fully saturated rings. The quantitative estimate of drug-likeness (QED) is 0.760. The standard InChI is InChI=1S/C16H20N2O2S/c1-18(12-15-3-2-9-19-15)8-10-20-14-6-4-13(5-7-14)11-16(17)21/h2-7,9H,8,10-12H2,1H3,(H2,17,21). The van der Waals surface area contributed by atoms with Gasteiger partial charge in [0.1, 0.15) is 18.1 Å². The topological polar surface area (TPSA) is 51.6 Å². The summed E-state index contributed by atoms with van der Waals surface area (Å²) in [7, 11) is 2.04. The SMILES string of the molecule is CN(CCOc1ccc(CC(N)=S)cc1)Cc1ccco1. The van der Waals surface area contributed by atoms with Crippen molar-refractivity contribution in [3.8, 4) is 5.75 Å². The monoisotopic (exact) mass is 304 g/mol. The maximum absolute atomic E-state index is 5.72. The Hall–Kier alpha value is -1.85. The van der Waals surface area contributed by atoms with E-state index < -0.39 is 0 Å². The van der Waals surface area contributed by atoms with Crippen LogP contribution in [0, 0.1) is 0 Å². The van der Waals surface area contributed by atoms with E-state index in [4.69, 9.17) is 27.1 Å². The number of rotatable bonds is 8. The van der Waals surface area contributed by atoms with Crippen LogP contribution >= 0.6 is 12.2 Å². The number of furan rings is 1. The molecule has 0 saturated heterocycles. The largest absolute Gasteiger partial charge is 0.492 e. The van der Waals surface area contributed by atoms with Crippen LogP contribution in [0.3, 0.4) is 0 Å². The number of nitrogens with zero attached hydrogens (tertiary/aromatic N) is 1. The number of likely N-dealkylation sites (N-methyl/N-ethyl adjacent to an activating group) is 1. The molecule has 2 N–H and O–H groups in total. The van der Waals surface area contributed by atoms with Crippen LogP contribution in [0.5, 0.6) is 5.75 Å². The molecule has 1 heterocycles. The average Bonchev–Trinajstić information content (AvgIpc) is 2.93. The van der Waals surface area contributed by atoms with Gasteiger partial charge in [-0.1, -0.05) is 24.4 Å². The molecule has 0 radical (unpaired) electrons. The van der Waals surface area contributed by atoms with E-state index in [2.05, 4.69) is 4.90 Å². The summed E-state index contributed by atoms with van der Waals surface area (Å²) in [5, 5.41) is 0. The van der Waals surface area contributed by atoms with Crippen LogP contribution < -0.4 is 10.5 Å². The Balaban J connectivity index is 1.71. The summed E-state index contributed by atoms with van der Waals surface area (Å²) in [4.78, 5) is 2.66. The molecule has 0 saturated carbocycles. The summed E-state index contributed by atoms with van der Waals surface area (Å²) >= 11 is 4.89. The van der Waals surface area contributed by atoms with E-state index in [-0.39, 0.29) is 0 Å². The molecule has 4 nitrogen and oxygen atoms in total. The Bertz CT molecular complexity index is 552. The van der Waals surface area contributed by atoms with Crippen molar-refractivity contribution in [3.63, 3.8) is 0 Å². The molecule has 0 atom stereocenters. The molecule has 0 aliphatic carbocycles. The lowest BCUT2D eigenvalue weighted by Crippen LogP contribution is -2.23. The van der Waals surface area contributed by atoms with Crippen LogP contribution in [0.1, 0.15) is 11.3 Å². The Morgan fingerprint density at radius 1 is 1.29 bits per heavy atom. The average molecular weight is 304 g/mol. The van der Waals surface area contributed by atoms with Crippen LogP contribution in [0.2, 0.25) is 0 Å². The zero-order chi connectivity index (χ0) is 15.1. The van der Waals surface area contributed by atoms with E-state index in [0.717, 1.165) is 30.2 Å². The van der Waals surface area contributed by atoms with Gasteiger partial charge in [-0.3, -0.25) is 4.90 Å². The molecular weight excluding hydrogens is 284 g/mol. The van der Waals surface area contributed by atoms with E-state index in [9.17, 15) is 0 Å². The van der Waals surface area contributed by atoms with Gasteiger partial charge in [0.15, 0.2) is 0 Å². The van der Waals surface area contributed by atoms with Gasteiger partial charge in [-0.2, -0.15) is 0 Å². The second-order valence-corrected chi connectivity index (χ2v) is 5.48. The minimum Gasteiger partial charge on any atom is -0.492 e. The maximum atomic E-state index is 5.72. The van der Waals surface area contributed by atoms with Gasteiger partial charge in [-0.05, 0) is 36.9 Å². The highest BCUT2D eigenvalue weighted by Crippen LogP contribution is 2.13. The molecule has 0 spiro atoms. The molecule has 0 aliphatic heterocycles. The van der Waals surface area contributed by atoms with Crippen LogP contribution in [0.15, 0.2) is 47.1 Å². The molecule has 0 bridgehead atoms. The van der Waals surface area contributed by atoms with E-state index in [1.54, 1.807) is 6.26 Å². The van der Waals surface area contributed by atoms with Gasteiger partial charge in [0.05, 0.1) is 17.8 Å². The Kier molecular flexibility index (Phi) is 5.78. The molecule has 112 valence electrons. The Morgan fingerprint density at radius 2 is 2.05 bits per heavy atom. The van der Waals surface area contributed by atoms with Crippen molar-refractivity contribution in [2.75, 3.05) is 20.2 Å². The lowest BCUT2D eigenvalue weighted by molar-refractivity contribution is 0.222. The molecule has 0 amide bonds. The third kappa shape index (κ3) is 5.57. The number of hydrogen-bond acceptors (Lipinski definition) is 4. The van der Waals surface area contributed by atoms with E-state index in [0.29, 0.717) is 18.0 Å². The predicted octanol–water partition coefficient (Wildman–Crippen LogP) is 2.62. The fourth-order valence-corrected chi connectivity index (χ4v) is 2.14. The van der Waals surface area contributed by atoms with Crippen LogP contribution in [-0.2, 0) is 13.0 Å². The van der Waals surface area contributed by atoms with Gasteiger partial charge >= 0.3 is 0 Å². The number of hydrogen-bond donors (Lipinski definition) is 1. The first-order valence-electron chi connectivity index (χ1n) is 6.84. The third-order valence-electron chi connectivity index (χ3n) is 3.05. The fraction of sp³-hybridized carbons (Fsp3) is 0.312. The normalized spacial score (nSPS) is 10.8. The zero-order valence-corrected chi connectivity index (χ0v) is 12.9. The molecular formula is C16H20N2O2S. The highest BCUT2D eigenvalue weighted by atomic mass is 32.1. The van der Waals surface area contributed by atoms with Crippen molar-refractivity contribution in [2.24, 2.45) is 5.73 Å². The number of thiocarbonyl (C=S) groups is 1. The van der Waals surface area contributed by atoms with Gasteiger partial charge < -0.3 is 14.9 Å². The first-order valence-corrected chi connectivity index (χ1v) is 7.25. The molecule has 2 aromatic rings. The summed E-state index contributed by atoms with van der Waals surface area (Å²) in [6.07, 6.45) is 2.32. The molecule has 21 heavy (non-hydrogen) atoms. The summed E-state index contributed by atoms with van der Waals surface area (Å²) in [6, 6.07) is 11.7. The van der Waals surface area contributed by atoms with Crippen LogP contribution in [-0.4, -0.2) is 30.1 Å². The van der Waals surface area contributed by atoms with Crippen molar-refractivity contribution in [1.29, 1.82) is 0 Å². The minimum atomic E-state index is 0.503. The van der Waals surface area contributed by atoms with Crippen molar-refractivity contribution in [1.82, 2.24) is 4.90 Å². The number of nitrogens with two attached hydrogens (primary N) is 1. The molecule has 0 aliphatic rings. The third-order valence-corrected chi connectivity index (χ3v) is 3.19. The maximum Gasteiger partial charge on any atom is 0.119 e. The first-order chi connectivity index (χ1) is 10.1. The second kappa shape index (κ2) is 7.81. The Morgan fingerprint density at radius 3 is 2.67 bits per heavy atom. The summed E-state index contributed by atoms with van der Waals surface area (Å²) < 4.78 is 11.0. The number of ether oxygens (including phenoxy) is 1. The summed E-state index contributed by atoms with van der Waals surface area (Å²) in [6.45, 7) is 2.24. The van der Waals surface area contributed by atoms with Gasteiger partial charge in [0.2, 0.25) is 0 Å². The van der Waals surface area contributed by atoms with E-state index in [1.807, 2.05) is 43.4 Å². The first kappa shape index (κ1) is 15.5. The predicted molar refractivity (Wildman–Crippen MR) is 87.5 cm³/mol. The van der Waals surface area contributed by atoms with Crippen LogP contribution in [0.25, 0.3) is 0 Å². The van der Waals surface area contributed by atoms with Gasteiger partial charge in [-0.25, -0.2) is 0 Å². The van der Waals surface area contributed by atoms with Crippen molar-refractivity contribution < 1.29 is 9.15 Å². The summed E-state index contributed by atoms with van der Waals surface area (Å²) in [5.41, 5.74) is 6.62. The van der Waals surface area contributed by atoms with Crippen molar-refractivity contribution in [2.45, 2.75) is 13.0 Å². The fourth-order valence-electron chi connectivity index (χ4n) is 1.97. The lowest BCUT2D eigenvalue weighted by atomic mass is 10.1. The minimum absolute atomic E-state index is 0.503. The van der Waals surface area contributed by atoms with E-state index >= 15 is 0 Å². The smallest absolute Gasteiger partial charge is 0.119 e. The highest BCUT2D eigenvalue weighted by molar-refractivity contribution is 7.80. The van der Waals surface area contributed by atoms with Crippen molar-refractivity contribution in [3.05, 3.63) is 54.0 Å². The molecule has 5 heteroatoms. The van der Waals surface area contributed by atoms with Gasteiger partial charge in [0.25, 0.3) is 0 Å². The molecule has 1 aromatic carbocycles. The highest BCUT2D eigenvalue weighted by Gasteiger charge is 2.03. The molecule has 1 aromatic heterocycles. The van der Waals surface area contributed by atoms with Gasteiger partial charge in [-0.15, -0.1) is 0 Å². The van der Waals surface area contributed by atoms with E-state index in [1.165, 1.54) is 0 Å². The number of benzene rings is 1. The molecule has 2 rings (SSSR count).